The second-order valence-electron chi connectivity index (χ2n) is 4.99. The van der Waals surface area contributed by atoms with Crippen molar-refractivity contribution in [3.05, 3.63) is 29.3 Å². The summed E-state index contributed by atoms with van der Waals surface area (Å²) in [5.74, 6) is 2.88. The van der Waals surface area contributed by atoms with Crippen molar-refractivity contribution < 1.29 is 13.2 Å². The van der Waals surface area contributed by atoms with Crippen molar-refractivity contribution in [1.29, 1.82) is 0 Å². The van der Waals surface area contributed by atoms with Gasteiger partial charge in [0.25, 0.3) is 5.95 Å². The van der Waals surface area contributed by atoms with E-state index in [2.05, 4.69) is 23.7 Å². The molecule has 0 bridgehead atoms. The van der Waals surface area contributed by atoms with Crippen LogP contribution in [0, 0.1) is 41.4 Å². The van der Waals surface area contributed by atoms with Crippen molar-refractivity contribution in [2.24, 2.45) is 11.8 Å². The van der Waals surface area contributed by atoms with Crippen molar-refractivity contribution in [2.75, 3.05) is 0 Å². The molecule has 1 nitrogen and oxygen atoms in total. The van der Waals surface area contributed by atoms with E-state index in [4.69, 9.17) is 0 Å². The van der Waals surface area contributed by atoms with Crippen molar-refractivity contribution >= 4 is 0 Å². The Morgan fingerprint density at radius 1 is 1.16 bits per heavy atom. The summed E-state index contributed by atoms with van der Waals surface area (Å²) >= 11 is 0. The largest absolute Gasteiger partial charge is 0.251 e. The molecular weight excluding hydrogens is 251 g/mol. The van der Waals surface area contributed by atoms with Crippen molar-refractivity contribution in [3.8, 4) is 11.8 Å². The van der Waals surface area contributed by atoms with Gasteiger partial charge in [0.1, 0.15) is 0 Å². The van der Waals surface area contributed by atoms with E-state index in [1.807, 2.05) is 0 Å². The number of nitrogens with zero attached hydrogens (tertiary/aromatic N) is 1. The summed E-state index contributed by atoms with van der Waals surface area (Å²) in [5, 5.41) is 0. The molecule has 0 saturated heterocycles. The molecule has 0 spiro atoms. The maximum atomic E-state index is 13.3. The van der Waals surface area contributed by atoms with E-state index in [9.17, 15) is 13.2 Å². The first-order valence-electron chi connectivity index (χ1n) is 6.63. The van der Waals surface area contributed by atoms with Gasteiger partial charge in [-0.15, -0.1) is 0 Å². The van der Waals surface area contributed by atoms with Crippen molar-refractivity contribution in [1.82, 2.24) is 4.98 Å². The van der Waals surface area contributed by atoms with Gasteiger partial charge >= 0.3 is 0 Å². The van der Waals surface area contributed by atoms with Gasteiger partial charge in [0.15, 0.2) is 5.82 Å². The van der Waals surface area contributed by atoms with E-state index in [1.165, 1.54) is 6.42 Å². The lowest BCUT2D eigenvalue weighted by molar-refractivity contribution is 0.309. The molecule has 1 aromatic rings. The van der Waals surface area contributed by atoms with Crippen LogP contribution < -0.4 is 0 Å². The molecular formula is C15H16F3N. The van der Waals surface area contributed by atoms with Crippen LogP contribution in [0.2, 0.25) is 0 Å². The van der Waals surface area contributed by atoms with Gasteiger partial charge in [-0.3, -0.25) is 0 Å². The average Bonchev–Trinajstić information content (AvgIpc) is 2.42. The maximum absolute atomic E-state index is 13.3. The molecule has 1 fully saturated rings. The zero-order chi connectivity index (χ0) is 13.8. The number of hydrogen-bond acceptors (Lipinski definition) is 1. The van der Waals surface area contributed by atoms with Crippen LogP contribution in [0.5, 0.6) is 0 Å². The average molecular weight is 267 g/mol. The molecule has 1 aliphatic rings. The van der Waals surface area contributed by atoms with Crippen LogP contribution in [0.25, 0.3) is 0 Å². The number of pyridine rings is 1. The highest BCUT2D eigenvalue weighted by Crippen LogP contribution is 2.30. The molecule has 0 radical (unpaired) electrons. The zero-order valence-corrected chi connectivity index (χ0v) is 10.8. The lowest BCUT2D eigenvalue weighted by atomic mass is 9.81. The Balaban J connectivity index is 2.06. The fraction of sp³-hybridized carbons (Fsp3) is 0.533. The molecule has 102 valence electrons. The Hall–Kier alpha value is -1.50. The highest BCUT2D eigenvalue weighted by atomic mass is 19.2. The van der Waals surface area contributed by atoms with Crippen LogP contribution in [-0.4, -0.2) is 4.98 Å². The summed E-state index contributed by atoms with van der Waals surface area (Å²) < 4.78 is 38.9. The second kappa shape index (κ2) is 6.10. The van der Waals surface area contributed by atoms with Gasteiger partial charge in [-0.1, -0.05) is 25.2 Å². The SMILES string of the molecule is CCC1CCC(C#Cc2cc(F)c(F)nc2F)CC1. The topological polar surface area (TPSA) is 12.9 Å². The summed E-state index contributed by atoms with van der Waals surface area (Å²) in [6, 6.07) is 0.766. The highest BCUT2D eigenvalue weighted by molar-refractivity contribution is 5.33. The van der Waals surface area contributed by atoms with Crippen molar-refractivity contribution in [3.63, 3.8) is 0 Å². The first kappa shape index (κ1) is 13.9. The van der Waals surface area contributed by atoms with Crippen LogP contribution in [0.1, 0.15) is 44.6 Å². The molecule has 1 aliphatic carbocycles. The van der Waals surface area contributed by atoms with Gasteiger partial charge in [-0.25, -0.2) is 4.39 Å². The molecule has 19 heavy (non-hydrogen) atoms. The fourth-order valence-corrected chi connectivity index (χ4v) is 2.43. The van der Waals surface area contributed by atoms with Gasteiger partial charge in [-0.05, 0) is 37.7 Å². The van der Waals surface area contributed by atoms with Gasteiger partial charge in [-0.2, -0.15) is 13.8 Å². The van der Waals surface area contributed by atoms with E-state index < -0.39 is 17.7 Å². The molecule has 0 N–H and O–H groups in total. The Bertz CT molecular complexity index is 508. The quantitative estimate of drug-likeness (QED) is 0.552. The first-order chi connectivity index (χ1) is 9.10. The number of halogens is 3. The maximum Gasteiger partial charge on any atom is 0.251 e. The third-order valence-corrected chi connectivity index (χ3v) is 3.72. The summed E-state index contributed by atoms with van der Waals surface area (Å²) in [6.07, 6.45) is 5.43. The molecule has 1 saturated carbocycles. The predicted molar refractivity (Wildman–Crippen MR) is 66.7 cm³/mol. The normalized spacial score (nSPS) is 22.7. The van der Waals surface area contributed by atoms with Crippen LogP contribution in [0.15, 0.2) is 6.07 Å². The van der Waals surface area contributed by atoms with Gasteiger partial charge in [0, 0.05) is 5.92 Å². The smallest absolute Gasteiger partial charge is 0.202 e. The van der Waals surface area contributed by atoms with Gasteiger partial charge < -0.3 is 0 Å². The molecule has 1 aromatic heterocycles. The van der Waals surface area contributed by atoms with Crippen LogP contribution >= 0.6 is 0 Å². The Labute approximate surface area is 111 Å². The predicted octanol–water partition coefficient (Wildman–Crippen LogP) is 4.07. The van der Waals surface area contributed by atoms with E-state index >= 15 is 0 Å². The van der Waals surface area contributed by atoms with Crippen molar-refractivity contribution in [2.45, 2.75) is 39.0 Å². The van der Waals surface area contributed by atoms with E-state index in [-0.39, 0.29) is 11.5 Å². The molecule has 1 heterocycles. The molecule has 0 amide bonds. The zero-order valence-electron chi connectivity index (χ0n) is 10.8. The lowest BCUT2D eigenvalue weighted by Gasteiger charge is -2.24. The Morgan fingerprint density at radius 2 is 1.84 bits per heavy atom. The minimum absolute atomic E-state index is 0.170. The molecule has 0 atom stereocenters. The number of aromatic nitrogens is 1. The second-order valence-corrected chi connectivity index (χ2v) is 4.99. The Kier molecular flexibility index (Phi) is 4.47. The minimum Gasteiger partial charge on any atom is -0.202 e. The van der Waals surface area contributed by atoms with Gasteiger partial charge in [0.2, 0.25) is 5.95 Å². The lowest BCUT2D eigenvalue weighted by Crippen LogP contribution is -2.12. The van der Waals surface area contributed by atoms with E-state index in [0.717, 1.165) is 37.7 Å². The summed E-state index contributed by atoms with van der Waals surface area (Å²) in [5.41, 5.74) is -0.170. The number of rotatable bonds is 1. The van der Waals surface area contributed by atoms with Crippen LogP contribution in [-0.2, 0) is 0 Å². The summed E-state index contributed by atoms with van der Waals surface area (Å²) in [6.45, 7) is 2.18. The molecule has 0 aliphatic heterocycles. The summed E-state index contributed by atoms with van der Waals surface area (Å²) in [7, 11) is 0. The standard InChI is InChI=1S/C15H16F3N/c1-2-10-3-5-11(6-4-10)7-8-12-9-13(16)15(18)19-14(12)17/h9-11H,2-6H2,1H3. The molecule has 0 aromatic carbocycles. The molecule has 4 heteroatoms. The van der Waals surface area contributed by atoms with E-state index in [1.54, 1.807) is 0 Å². The summed E-state index contributed by atoms with van der Waals surface area (Å²) in [4.78, 5) is 2.85. The number of hydrogen-bond donors (Lipinski definition) is 0. The van der Waals surface area contributed by atoms with Crippen LogP contribution in [0.3, 0.4) is 0 Å². The third kappa shape index (κ3) is 3.50. The molecule has 0 unspecified atom stereocenters. The monoisotopic (exact) mass is 267 g/mol. The fourth-order valence-electron chi connectivity index (χ4n) is 2.43. The Morgan fingerprint density at radius 3 is 2.47 bits per heavy atom. The molecule has 2 rings (SSSR count). The third-order valence-electron chi connectivity index (χ3n) is 3.72. The first-order valence-corrected chi connectivity index (χ1v) is 6.63. The van der Waals surface area contributed by atoms with Gasteiger partial charge in [0.05, 0.1) is 5.56 Å². The van der Waals surface area contributed by atoms with E-state index in [0.29, 0.717) is 0 Å². The highest BCUT2D eigenvalue weighted by Gasteiger charge is 2.18. The van der Waals surface area contributed by atoms with Crippen LogP contribution in [0.4, 0.5) is 13.2 Å². The minimum atomic E-state index is -1.42.